The second kappa shape index (κ2) is 5.31. The Labute approximate surface area is 94.4 Å². The van der Waals surface area contributed by atoms with Crippen molar-refractivity contribution in [2.75, 3.05) is 13.6 Å². The van der Waals surface area contributed by atoms with Crippen LogP contribution in [0.25, 0.3) is 0 Å². The number of likely N-dealkylation sites (tertiary alicyclic amines) is 1. The van der Waals surface area contributed by atoms with Gasteiger partial charge in [-0.25, -0.2) is 0 Å². The third kappa shape index (κ3) is 2.73. The lowest BCUT2D eigenvalue weighted by Gasteiger charge is -2.33. The first kappa shape index (κ1) is 11.4. The Morgan fingerprint density at radius 2 is 1.93 bits per heavy atom. The molecule has 2 nitrogen and oxygen atoms in total. The van der Waals surface area contributed by atoms with Crippen LogP contribution in [-0.2, 0) is 0 Å². The first-order valence-electron chi connectivity index (χ1n) is 6.74. The van der Waals surface area contributed by atoms with Gasteiger partial charge in [-0.05, 0) is 52.6 Å². The third-order valence-electron chi connectivity index (χ3n) is 4.39. The van der Waals surface area contributed by atoms with E-state index in [4.69, 9.17) is 0 Å². The summed E-state index contributed by atoms with van der Waals surface area (Å²) >= 11 is 0. The van der Waals surface area contributed by atoms with Gasteiger partial charge in [0.1, 0.15) is 0 Å². The Morgan fingerprint density at radius 3 is 2.67 bits per heavy atom. The second-order valence-corrected chi connectivity index (χ2v) is 5.39. The highest BCUT2D eigenvalue weighted by Crippen LogP contribution is 2.28. The van der Waals surface area contributed by atoms with Gasteiger partial charge in [0.25, 0.3) is 0 Å². The fourth-order valence-electron chi connectivity index (χ4n) is 3.36. The van der Waals surface area contributed by atoms with Gasteiger partial charge in [0.05, 0.1) is 0 Å². The molecule has 15 heavy (non-hydrogen) atoms. The van der Waals surface area contributed by atoms with Crippen LogP contribution in [0.5, 0.6) is 0 Å². The maximum Gasteiger partial charge on any atom is 0.0113 e. The van der Waals surface area contributed by atoms with Crippen LogP contribution in [0, 0.1) is 0 Å². The minimum atomic E-state index is 0.783. The minimum Gasteiger partial charge on any atom is -0.317 e. The molecule has 1 saturated heterocycles. The van der Waals surface area contributed by atoms with Crippen LogP contribution in [0.15, 0.2) is 0 Å². The number of nitrogens with zero attached hydrogens (tertiary/aromatic N) is 1. The number of hydrogen-bond acceptors (Lipinski definition) is 2. The molecule has 0 aromatic carbocycles. The second-order valence-electron chi connectivity index (χ2n) is 5.39. The normalized spacial score (nSPS) is 39.2. The van der Waals surface area contributed by atoms with E-state index < -0.39 is 0 Å². The van der Waals surface area contributed by atoms with Gasteiger partial charge < -0.3 is 5.32 Å². The Kier molecular flexibility index (Phi) is 4.04. The molecule has 1 heterocycles. The highest BCUT2D eigenvalue weighted by atomic mass is 15.2. The average molecular weight is 210 g/mol. The lowest BCUT2D eigenvalue weighted by molar-refractivity contribution is 0.147. The Morgan fingerprint density at radius 1 is 1.07 bits per heavy atom. The predicted molar refractivity (Wildman–Crippen MR) is 65.1 cm³/mol. The third-order valence-corrected chi connectivity index (χ3v) is 4.39. The number of hydrogen-bond donors (Lipinski definition) is 1. The van der Waals surface area contributed by atoms with E-state index in [2.05, 4.69) is 24.2 Å². The van der Waals surface area contributed by atoms with Crippen LogP contribution in [0.1, 0.15) is 51.9 Å². The molecule has 1 saturated carbocycles. The van der Waals surface area contributed by atoms with E-state index in [1.807, 2.05) is 0 Å². The molecule has 0 aromatic rings. The highest BCUT2D eigenvalue weighted by molar-refractivity contribution is 4.88. The Balaban J connectivity index is 1.90. The summed E-state index contributed by atoms with van der Waals surface area (Å²) in [6.07, 6.45) is 9.90. The van der Waals surface area contributed by atoms with Crippen LogP contribution in [-0.4, -0.2) is 36.6 Å². The summed E-state index contributed by atoms with van der Waals surface area (Å²) in [5.74, 6) is 0. The smallest absolute Gasteiger partial charge is 0.0113 e. The summed E-state index contributed by atoms with van der Waals surface area (Å²) in [5.41, 5.74) is 0. The van der Waals surface area contributed by atoms with E-state index in [0.29, 0.717) is 0 Å². The van der Waals surface area contributed by atoms with E-state index in [9.17, 15) is 0 Å². The molecular weight excluding hydrogens is 184 g/mol. The monoisotopic (exact) mass is 210 g/mol. The quantitative estimate of drug-likeness (QED) is 0.753. The van der Waals surface area contributed by atoms with Crippen LogP contribution < -0.4 is 5.32 Å². The van der Waals surface area contributed by atoms with E-state index in [1.165, 1.54) is 51.5 Å². The van der Waals surface area contributed by atoms with Gasteiger partial charge in [-0.2, -0.15) is 0 Å². The highest BCUT2D eigenvalue weighted by Gasteiger charge is 2.31. The summed E-state index contributed by atoms with van der Waals surface area (Å²) in [7, 11) is 2.11. The predicted octanol–water partition coefficient (Wildman–Crippen LogP) is 2.39. The molecule has 0 aromatic heterocycles. The van der Waals surface area contributed by atoms with Crippen molar-refractivity contribution in [1.29, 1.82) is 0 Å². The summed E-state index contributed by atoms with van der Waals surface area (Å²) < 4.78 is 0. The topological polar surface area (TPSA) is 15.3 Å². The molecular formula is C13H26N2. The van der Waals surface area contributed by atoms with E-state index in [0.717, 1.165) is 18.1 Å². The molecule has 0 amide bonds. The molecule has 0 bridgehead atoms. The van der Waals surface area contributed by atoms with Gasteiger partial charge in [0, 0.05) is 18.1 Å². The fraction of sp³-hybridized carbons (Fsp3) is 1.00. The first-order chi connectivity index (χ1) is 7.31. The van der Waals surface area contributed by atoms with Crippen molar-refractivity contribution in [1.82, 2.24) is 10.2 Å². The molecule has 2 fully saturated rings. The zero-order chi connectivity index (χ0) is 10.7. The van der Waals surface area contributed by atoms with E-state index in [-0.39, 0.29) is 0 Å². The maximum absolute atomic E-state index is 3.44. The molecule has 0 spiro atoms. The molecule has 2 rings (SSSR count). The van der Waals surface area contributed by atoms with Gasteiger partial charge in [0.15, 0.2) is 0 Å². The largest absolute Gasteiger partial charge is 0.317 e. The van der Waals surface area contributed by atoms with Crippen molar-refractivity contribution in [3.63, 3.8) is 0 Å². The molecule has 1 N–H and O–H groups in total. The van der Waals surface area contributed by atoms with Crippen LogP contribution in [0.3, 0.4) is 0 Å². The van der Waals surface area contributed by atoms with Crippen molar-refractivity contribution in [3.8, 4) is 0 Å². The van der Waals surface area contributed by atoms with Gasteiger partial charge in [-0.15, -0.1) is 0 Å². The van der Waals surface area contributed by atoms with Gasteiger partial charge in [0.2, 0.25) is 0 Å². The lowest BCUT2D eigenvalue weighted by atomic mass is 10.1. The minimum absolute atomic E-state index is 0.783. The van der Waals surface area contributed by atoms with E-state index in [1.54, 1.807) is 0 Å². The molecule has 2 aliphatic rings. The molecule has 3 unspecified atom stereocenters. The van der Waals surface area contributed by atoms with Crippen molar-refractivity contribution in [2.24, 2.45) is 0 Å². The van der Waals surface area contributed by atoms with Crippen molar-refractivity contribution >= 4 is 0 Å². The maximum atomic E-state index is 3.44. The Hall–Kier alpha value is -0.0800. The van der Waals surface area contributed by atoms with Crippen LogP contribution in [0.2, 0.25) is 0 Å². The summed E-state index contributed by atoms with van der Waals surface area (Å²) in [4.78, 5) is 2.80. The van der Waals surface area contributed by atoms with Gasteiger partial charge in [-0.1, -0.05) is 12.8 Å². The lowest BCUT2D eigenvalue weighted by Crippen LogP contribution is -2.41. The summed E-state index contributed by atoms with van der Waals surface area (Å²) in [6, 6.07) is 2.48. The average Bonchev–Trinajstić information content (AvgIpc) is 2.62. The van der Waals surface area contributed by atoms with Crippen molar-refractivity contribution in [2.45, 2.75) is 70.0 Å². The van der Waals surface area contributed by atoms with Gasteiger partial charge in [-0.3, -0.25) is 4.90 Å². The molecule has 0 radical (unpaired) electrons. The fourth-order valence-corrected chi connectivity index (χ4v) is 3.36. The SMILES string of the molecule is CNC1CCC(N2CCCCCC2C)C1. The standard InChI is InChI=1S/C13H26N2/c1-11-6-4-3-5-9-15(11)13-8-7-12(10-13)14-2/h11-14H,3-10H2,1-2H3. The van der Waals surface area contributed by atoms with E-state index >= 15 is 0 Å². The van der Waals surface area contributed by atoms with Gasteiger partial charge >= 0.3 is 0 Å². The summed E-state index contributed by atoms with van der Waals surface area (Å²) in [5, 5.41) is 3.44. The number of rotatable bonds is 2. The molecule has 88 valence electrons. The van der Waals surface area contributed by atoms with Crippen molar-refractivity contribution in [3.05, 3.63) is 0 Å². The molecule has 3 atom stereocenters. The zero-order valence-corrected chi connectivity index (χ0v) is 10.3. The number of nitrogens with one attached hydrogen (secondary N) is 1. The molecule has 2 heteroatoms. The molecule has 1 aliphatic carbocycles. The Bertz CT molecular complexity index is 193. The molecule has 1 aliphatic heterocycles. The zero-order valence-electron chi connectivity index (χ0n) is 10.3. The van der Waals surface area contributed by atoms with Crippen LogP contribution in [0.4, 0.5) is 0 Å². The first-order valence-corrected chi connectivity index (χ1v) is 6.74. The van der Waals surface area contributed by atoms with Crippen molar-refractivity contribution < 1.29 is 0 Å². The summed E-state index contributed by atoms with van der Waals surface area (Å²) in [6.45, 7) is 3.78. The van der Waals surface area contributed by atoms with Crippen LogP contribution >= 0.6 is 0 Å².